The molecular weight excluding hydrogens is 318 g/mol. The van der Waals surface area contributed by atoms with Crippen LogP contribution in [0.3, 0.4) is 0 Å². The number of aromatic nitrogens is 2. The lowest BCUT2D eigenvalue weighted by molar-refractivity contribution is 0.169. The van der Waals surface area contributed by atoms with E-state index in [1.165, 1.54) is 5.56 Å². The fourth-order valence-electron chi connectivity index (χ4n) is 3.08. The monoisotopic (exact) mass is 343 g/mol. The summed E-state index contributed by atoms with van der Waals surface area (Å²) < 4.78 is 11.3. The molecule has 0 atom stereocenters. The number of anilines is 1. The Morgan fingerprint density at radius 1 is 1.24 bits per heavy atom. The second-order valence-corrected chi connectivity index (χ2v) is 6.56. The van der Waals surface area contributed by atoms with Crippen molar-refractivity contribution < 1.29 is 9.47 Å². The van der Waals surface area contributed by atoms with Gasteiger partial charge in [0.2, 0.25) is 0 Å². The molecule has 1 fully saturated rings. The SMILES string of the molecule is COCc1nc(N2CCC(Oc3cc(C)ccc3C)CC2)cc(=O)[nH]1. The summed E-state index contributed by atoms with van der Waals surface area (Å²) in [6, 6.07) is 7.83. The Morgan fingerprint density at radius 2 is 2.00 bits per heavy atom. The minimum absolute atomic E-state index is 0.147. The van der Waals surface area contributed by atoms with E-state index in [0.29, 0.717) is 18.2 Å². The molecule has 1 saturated heterocycles. The van der Waals surface area contributed by atoms with Crippen molar-refractivity contribution in [2.45, 2.75) is 39.4 Å². The van der Waals surface area contributed by atoms with Gasteiger partial charge in [0.05, 0.1) is 0 Å². The van der Waals surface area contributed by atoms with Gasteiger partial charge >= 0.3 is 0 Å². The standard InChI is InChI=1S/C19H25N3O3/c1-13-4-5-14(2)16(10-13)25-15-6-8-22(9-7-15)18-11-19(23)21-17(20-18)12-24-3/h4-5,10-11,15H,6-9,12H2,1-3H3,(H,20,21,23). The van der Waals surface area contributed by atoms with E-state index in [0.717, 1.165) is 37.2 Å². The summed E-state index contributed by atoms with van der Waals surface area (Å²) in [7, 11) is 1.59. The minimum Gasteiger partial charge on any atom is -0.490 e. The van der Waals surface area contributed by atoms with Crippen LogP contribution in [0, 0.1) is 13.8 Å². The van der Waals surface area contributed by atoms with E-state index >= 15 is 0 Å². The van der Waals surface area contributed by atoms with Gasteiger partial charge in [-0.05, 0) is 31.0 Å². The molecule has 1 aromatic carbocycles. The lowest BCUT2D eigenvalue weighted by Gasteiger charge is -2.33. The van der Waals surface area contributed by atoms with Crippen LogP contribution in [0.15, 0.2) is 29.1 Å². The molecule has 134 valence electrons. The van der Waals surface area contributed by atoms with E-state index in [-0.39, 0.29) is 11.7 Å². The summed E-state index contributed by atoms with van der Waals surface area (Å²) >= 11 is 0. The van der Waals surface area contributed by atoms with Crippen molar-refractivity contribution in [3.05, 3.63) is 51.6 Å². The lowest BCUT2D eigenvalue weighted by Crippen LogP contribution is -2.39. The fraction of sp³-hybridized carbons (Fsp3) is 0.474. The molecule has 0 aliphatic carbocycles. The summed E-state index contributed by atoms with van der Waals surface area (Å²) in [6.07, 6.45) is 2.00. The third-order valence-electron chi connectivity index (χ3n) is 4.46. The van der Waals surface area contributed by atoms with Crippen LogP contribution in [0.2, 0.25) is 0 Å². The fourth-order valence-corrected chi connectivity index (χ4v) is 3.08. The molecule has 6 heteroatoms. The Morgan fingerprint density at radius 3 is 2.72 bits per heavy atom. The molecule has 0 amide bonds. The first kappa shape index (κ1) is 17.5. The Labute approximate surface area is 147 Å². The number of piperidine rings is 1. The Hall–Kier alpha value is -2.34. The smallest absolute Gasteiger partial charge is 0.253 e. The number of methoxy groups -OCH3 is 1. The van der Waals surface area contributed by atoms with Crippen LogP contribution in [0.25, 0.3) is 0 Å². The summed E-state index contributed by atoms with van der Waals surface area (Å²) in [5.74, 6) is 2.23. The van der Waals surface area contributed by atoms with Crippen molar-refractivity contribution in [1.82, 2.24) is 9.97 Å². The third-order valence-corrected chi connectivity index (χ3v) is 4.46. The number of ether oxygens (including phenoxy) is 2. The molecule has 0 bridgehead atoms. The molecule has 25 heavy (non-hydrogen) atoms. The van der Waals surface area contributed by atoms with Gasteiger partial charge in [0.15, 0.2) is 0 Å². The van der Waals surface area contributed by atoms with E-state index in [1.807, 2.05) is 0 Å². The molecule has 2 heterocycles. The highest BCUT2D eigenvalue weighted by atomic mass is 16.5. The number of nitrogens with zero attached hydrogens (tertiary/aromatic N) is 2. The predicted molar refractivity (Wildman–Crippen MR) is 97.3 cm³/mol. The van der Waals surface area contributed by atoms with Crippen molar-refractivity contribution in [3.8, 4) is 5.75 Å². The van der Waals surface area contributed by atoms with Crippen molar-refractivity contribution in [2.75, 3.05) is 25.1 Å². The average Bonchev–Trinajstić information content (AvgIpc) is 2.59. The van der Waals surface area contributed by atoms with Crippen LogP contribution < -0.4 is 15.2 Å². The molecule has 1 aliphatic heterocycles. The summed E-state index contributed by atoms with van der Waals surface area (Å²) in [5, 5.41) is 0. The first-order chi connectivity index (χ1) is 12.0. The number of aryl methyl sites for hydroxylation is 2. The maximum Gasteiger partial charge on any atom is 0.253 e. The molecule has 1 N–H and O–H groups in total. The Balaban J connectivity index is 1.64. The topological polar surface area (TPSA) is 67.5 Å². The molecule has 2 aromatic rings. The molecule has 3 rings (SSSR count). The number of hydrogen-bond acceptors (Lipinski definition) is 5. The third kappa shape index (κ3) is 4.39. The second-order valence-electron chi connectivity index (χ2n) is 6.56. The number of benzene rings is 1. The Kier molecular flexibility index (Phi) is 5.38. The van der Waals surface area contributed by atoms with Gasteiger partial charge in [-0.1, -0.05) is 12.1 Å². The predicted octanol–water partition coefficient (Wildman–Crippen LogP) is 2.58. The molecule has 1 aliphatic rings. The number of nitrogens with one attached hydrogen (secondary N) is 1. The molecule has 0 spiro atoms. The molecule has 1 aromatic heterocycles. The van der Waals surface area contributed by atoms with Crippen LogP contribution >= 0.6 is 0 Å². The van der Waals surface area contributed by atoms with E-state index < -0.39 is 0 Å². The zero-order chi connectivity index (χ0) is 17.8. The van der Waals surface area contributed by atoms with Gasteiger partial charge in [-0.2, -0.15) is 0 Å². The van der Waals surface area contributed by atoms with Gasteiger partial charge in [-0.3, -0.25) is 4.79 Å². The molecular formula is C19H25N3O3. The van der Waals surface area contributed by atoms with E-state index in [9.17, 15) is 4.79 Å². The highest BCUT2D eigenvalue weighted by Gasteiger charge is 2.22. The van der Waals surface area contributed by atoms with Crippen LogP contribution in [-0.2, 0) is 11.3 Å². The highest BCUT2D eigenvalue weighted by molar-refractivity contribution is 5.39. The minimum atomic E-state index is -0.147. The van der Waals surface area contributed by atoms with Crippen LogP contribution in [0.5, 0.6) is 5.75 Å². The zero-order valence-corrected chi connectivity index (χ0v) is 15.0. The number of H-pyrrole nitrogens is 1. The molecule has 6 nitrogen and oxygen atoms in total. The maximum atomic E-state index is 11.8. The number of rotatable bonds is 5. The largest absolute Gasteiger partial charge is 0.490 e. The van der Waals surface area contributed by atoms with Crippen molar-refractivity contribution >= 4 is 5.82 Å². The summed E-state index contributed by atoms with van der Waals surface area (Å²) in [4.78, 5) is 21.1. The van der Waals surface area contributed by atoms with E-state index in [4.69, 9.17) is 9.47 Å². The van der Waals surface area contributed by atoms with Crippen LogP contribution in [0.1, 0.15) is 29.8 Å². The zero-order valence-electron chi connectivity index (χ0n) is 15.0. The van der Waals surface area contributed by atoms with Crippen LogP contribution in [-0.4, -0.2) is 36.3 Å². The highest BCUT2D eigenvalue weighted by Crippen LogP contribution is 2.25. The van der Waals surface area contributed by atoms with E-state index in [2.05, 4.69) is 46.9 Å². The van der Waals surface area contributed by atoms with Gasteiger partial charge < -0.3 is 19.4 Å². The average molecular weight is 343 g/mol. The van der Waals surface area contributed by atoms with E-state index in [1.54, 1.807) is 13.2 Å². The number of aromatic amines is 1. The van der Waals surface area contributed by atoms with Gasteiger partial charge in [0, 0.05) is 39.1 Å². The van der Waals surface area contributed by atoms with Gasteiger partial charge in [-0.15, -0.1) is 0 Å². The first-order valence-corrected chi connectivity index (χ1v) is 8.63. The van der Waals surface area contributed by atoms with Gasteiger partial charge in [0.25, 0.3) is 5.56 Å². The summed E-state index contributed by atoms with van der Waals surface area (Å²) in [6.45, 7) is 6.08. The first-order valence-electron chi connectivity index (χ1n) is 8.63. The molecule has 0 radical (unpaired) electrons. The lowest BCUT2D eigenvalue weighted by atomic mass is 10.1. The quantitative estimate of drug-likeness (QED) is 0.904. The van der Waals surface area contributed by atoms with Gasteiger partial charge in [0.1, 0.15) is 30.1 Å². The van der Waals surface area contributed by atoms with Crippen molar-refractivity contribution in [2.24, 2.45) is 0 Å². The Bertz CT molecular complexity index is 780. The molecule has 0 saturated carbocycles. The molecule has 0 unspecified atom stereocenters. The van der Waals surface area contributed by atoms with Crippen molar-refractivity contribution in [1.29, 1.82) is 0 Å². The number of hydrogen-bond donors (Lipinski definition) is 1. The van der Waals surface area contributed by atoms with Gasteiger partial charge in [-0.25, -0.2) is 4.98 Å². The van der Waals surface area contributed by atoms with Crippen molar-refractivity contribution in [3.63, 3.8) is 0 Å². The summed E-state index contributed by atoms with van der Waals surface area (Å²) in [5.41, 5.74) is 2.22. The second kappa shape index (κ2) is 7.70. The normalized spacial score (nSPS) is 15.4. The van der Waals surface area contributed by atoms with Crippen LogP contribution in [0.4, 0.5) is 5.82 Å². The maximum absolute atomic E-state index is 11.8.